The molecular weight excluding hydrogens is 147 g/mol. The molecule has 0 aliphatic heterocycles. The van der Waals surface area contributed by atoms with Gasteiger partial charge in [-0.2, -0.15) is 0 Å². The maximum Gasteiger partial charge on any atom is 0.197 e. The second-order valence-electron chi connectivity index (χ2n) is 3.38. The molecule has 0 radical (unpaired) electrons. The highest BCUT2D eigenvalue weighted by molar-refractivity contribution is 7.57. The molecule has 1 aliphatic carbocycles. The van der Waals surface area contributed by atoms with Gasteiger partial charge in [-0.15, -0.1) is 0 Å². The van der Waals surface area contributed by atoms with Gasteiger partial charge in [0.1, 0.15) is 0 Å². The molecule has 10 heavy (non-hydrogen) atoms. The third kappa shape index (κ3) is 2.85. The van der Waals surface area contributed by atoms with Crippen LogP contribution in [0.1, 0.15) is 25.7 Å². The Bertz CT molecular complexity index is 144. The van der Waals surface area contributed by atoms with Crippen LogP contribution < -0.4 is 0 Å². The summed E-state index contributed by atoms with van der Waals surface area (Å²) in [6.45, 7) is 1.46. The molecule has 0 aromatic heterocycles. The van der Waals surface area contributed by atoms with Crippen molar-refractivity contribution in [3.63, 3.8) is 0 Å². The molecular formula is C7H15O2P. The molecule has 0 amide bonds. The van der Waals surface area contributed by atoms with Gasteiger partial charge in [0, 0.05) is 12.8 Å². The Morgan fingerprint density at radius 2 is 2.00 bits per heavy atom. The number of hydrogen-bond donors (Lipinski definition) is 1. The Labute approximate surface area is 62.1 Å². The van der Waals surface area contributed by atoms with Gasteiger partial charge in [0.15, 0.2) is 7.37 Å². The molecule has 1 aliphatic rings. The Balaban J connectivity index is 2.31. The van der Waals surface area contributed by atoms with Crippen molar-refractivity contribution in [1.29, 1.82) is 0 Å². The second kappa shape index (κ2) is 3.06. The fraction of sp³-hybridized carbons (Fsp3) is 1.00. The van der Waals surface area contributed by atoms with Crippen LogP contribution in [0, 0.1) is 5.92 Å². The van der Waals surface area contributed by atoms with Crippen molar-refractivity contribution in [2.45, 2.75) is 25.7 Å². The summed E-state index contributed by atoms with van der Waals surface area (Å²) in [5, 5.41) is 0. The van der Waals surface area contributed by atoms with E-state index in [9.17, 15) is 4.57 Å². The van der Waals surface area contributed by atoms with Crippen LogP contribution in [0.2, 0.25) is 0 Å². The van der Waals surface area contributed by atoms with Gasteiger partial charge in [0.25, 0.3) is 0 Å². The van der Waals surface area contributed by atoms with E-state index in [1.54, 1.807) is 0 Å². The summed E-state index contributed by atoms with van der Waals surface area (Å²) in [6, 6.07) is 0. The summed E-state index contributed by atoms with van der Waals surface area (Å²) in [6.07, 6.45) is 5.39. The molecule has 1 atom stereocenters. The van der Waals surface area contributed by atoms with Crippen molar-refractivity contribution in [3.8, 4) is 0 Å². The summed E-state index contributed by atoms with van der Waals surface area (Å²) in [7, 11) is -2.71. The zero-order chi connectivity index (χ0) is 7.61. The number of hydrogen-bond acceptors (Lipinski definition) is 1. The molecule has 0 aromatic carbocycles. The normalized spacial score (nSPS) is 26.6. The minimum absolute atomic E-state index is 0.542. The third-order valence-electron chi connectivity index (χ3n) is 2.07. The minimum Gasteiger partial charge on any atom is -0.344 e. The smallest absolute Gasteiger partial charge is 0.197 e. The first kappa shape index (κ1) is 8.29. The van der Waals surface area contributed by atoms with E-state index in [0.717, 1.165) is 0 Å². The van der Waals surface area contributed by atoms with Gasteiger partial charge in [0.2, 0.25) is 0 Å². The van der Waals surface area contributed by atoms with Crippen molar-refractivity contribution < 1.29 is 9.46 Å². The molecule has 0 spiro atoms. The lowest BCUT2D eigenvalue weighted by Gasteiger charge is -2.10. The van der Waals surface area contributed by atoms with Gasteiger partial charge in [-0.25, -0.2) is 0 Å². The fourth-order valence-corrected chi connectivity index (χ4v) is 3.00. The molecule has 1 rings (SSSR count). The monoisotopic (exact) mass is 162 g/mol. The van der Waals surface area contributed by atoms with Gasteiger partial charge in [-0.1, -0.05) is 12.8 Å². The molecule has 2 nitrogen and oxygen atoms in total. The van der Waals surface area contributed by atoms with Crippen LogP contribution in [0.3, 0.4) is 0 Å². The summed E-state index contributed by atoms with van der Waals surface area (Å²) >= 11 is 0. The molecule has 0 bridgehead atoms. The third-order valence-corrected chi connectivity index (χ3v) is 3.27. The lowest BCUT2D eigenvalue weighted by molar-refractivity contribution is 0.467. The SMILES string of the molecule is CP(=O)(O)CC1CCCC1. The maximum atomic E-state index is 10.9. The van der Waals surface area contributed by atoms with Crippen LogP contribution in [0.4, 0.5) is 0 Å². The predicted molar refractivity (Wildman–Crippen MR) is 42.6 cm³/mol. The van der Waals surface area contributed by atoms with Gasteiger partial charge in [-0.3, -0.25) is 4.57 Å². The zero-order valence-corrected chi connectivity index (χ0v) is 7.31. The van der Waals surface area contributed by atoms with Crippen LogP contribution in [-0.2, 0) is 4.57 Å². The van der Waals surface area contributed by atoms with Gasteiger partial charge < -0.3 is 4.89 Å². The molecule has 1 fully saturated rings. The van der Waals surface area contributed by atoms with E-state index in [2.05, 4.69) is 0 Å². The molecule has 3 heteroatoms. The summed E-state index contributed by atoms with van der Waals surface area (Å²) in [5.41, 5.74) is 0. The molecule has 1 N–H and O–H groups in total. The van der Waals surface area contributed by atoms with Crippen LogP contribution in [0.15, 0.2) is 0 Å². The first-order chi connectivity index (χ1) is 4.58. The highest BCUT2D eigenvalue weighted by atomic mass is 31.2. The largest absolute Gasteiger partial charge is 0.344 e. The first-order valence-electron chi connectivity index (χ1n) is 3.87. The van der Waals surface area contributed by atoms with E-state index in [0.29, 0.717) is 12.1 Å². The second-order valence-corrected chi connectivity index (χ2v) is 5.85. The van der Waals surface area contributed by atoms with Crippen molar-refractivity contribution in [3.05, 3.63) is 0 Å². The fourth-order valence-electron chi connectivity index (χ4n) is 1.67. The Morgan fingerprint density at radius 1 is 1.50 bits per heavy atom. The van der Waals surface area contributed by atoms with Gasteiger partial charge >= 0.3 is 0 Å². The standard InChI is InChI=1S/C7H15O2P/c1-10(8,9)6-7-4-2-3-5-7/h7H,2-6H2,1H3,(H,8,9). The summed E-state index contributed by atoms with van der Waals surface area (Å²) < 4.78 is 10.9. The summed E-state index contributed by atoms with van der Waals surface area (Å²) in [4.78, 5) is 9.03. The van der Waals surface area contributed by atoms with Crippen molar-refractivity contribution in [1.82, 2.24) is 0 Å². The average Bonchev–Trinajstić information content (AvgIpc) is 2.12. The molecule has 0 aromatic rings. The van der Waals surface area contributed by atoms with Crippen LogP contribution in [-0.4, -0.2) is 17.7 Å². The van der Waals surface area contributed by atoms with Gasteiger partial charge in [-0.05, 0) is 18.8 Å². The highest BCUT2D eigenvalue weighted by Gasteiger charge is 2.21. The van der Waals surface area contributed by atoms with Crippen molar-refractivity contribution >= 4 is 7.37 Å². The Hall–Kier alpha value is 0.190. The van der Waals surface area contributed by atoms with E-state index in [1.165, 1.54) is 32.3 Å². The topological polar surface area (TPSA) is 37.3 Å². The van der Waals surface area contributed by atoms with Crippen molar-refractivity contribution in [2.75, 3.05) is 12.8 Å². The van der Waals surface area contributed by atoms with Crippen LogP contribution in [0.5, 0.6) is 0 Å². The molecule has 1 saturated carbocycles. The molecule has 0 heterocycles. The van der Waals surface area contributed by atoms with Crippen LogP contribution in [0.25, 0.3) is 0 Å². The average molecular weight is 162 g/mol. The maximum absolute atomic E-state index is 10.9. The molecule has 60 valence electrons. The van der Waals surface area contributed by atoms with E-state index in [1.807, 2.05) is 0 Å². The quantitative estimate of drug-likeness (QED) is 0.631. The van der Waals surface area contributed by atoms with E-state index in [4.69, 9.17) is 4.89 Å². The van der Waals surface area contributed by atoms with E-state index in [-0.39, 0.29) is 0 Å². The lowest BCUT2D eigenvalue weighted by Crippen LogP contribution is -2.00. The van der Waals surface area contributed by atoms with E-state index < -0.39 is 7.37 Å². The highest BCUT2D eigenvalue weighted by Crippen LogP contribution is 2.42. The zero-order valence-electron chi connectivity index (χ0n) is 6.42. The lowest BCUT2D eigenvalue weighted by atomic mass is 10.1. The molecule has 1 unspecified atom stereocenters. The van der Waals surface area contributed by atoms with Crippen LogP contribution >= 0.6 is 7.37 Å². The molecule has 0 saturated heterocycles. The first-order valence-corrected chi connectivity index (χ1v) is 6.16. The number of rotatable bonds is 2. The van der Waals surface area contributed by atoms with Gasteiger partial charge in [0.05, 0.1) is 0 Å². The Kier molecular flexibility index (Phi) is 2.54. The van der Waals surface area contributed by atoms with Crippen molar-refractivity contribution in [2.24, 2.45) is 5.92 Å². The Morgan fingerprint density at radius 3 is 2.40 bits per heavy atom. The summed E-state index contributed by atoms with van der Waals surface area (Å²) in [5.74, 6) is 0.542. The predicted octanol–water partition coefficient (Wildman–Crippen LogP) is 2.08. The minimum atomic E-state index is -2.71. The van der Waals surface area contributed by atoms with E-state index >= 15 is 0 Å².